The summed E-state index contributed by atoms with van der Waals surface area (Å²) in [5.41, 5.74) is 0. The monoisotopic (exact) mass is 150 g/mol. The third kappa shape index (κ3) is 1.28. The Bertz CT molecular complexity index is 97.2. The number of halogens is 1. The predicted molar refractivity (Wildman–Crippen MR) is 32.0 cm³/mol. The molecule has 0 unspecified atom stereocenters. The highest BCUT2D eigenvalue weighted by Crippen LogP contribution is 2.19. The van der Waals surface area contributed by atoms with Gasteiger partial charge in [0.25, 0.3) is 0 Å². The van der Waals surface area contributed by atoms with Crippen molar-refractivity contribution in [1.82, 2.24) is 0 Å². The first-order chi connectivity index (χ1) is 4.79. The van der Waals surface area contributed by atoms with Gasteiger partial charge in [-0.15, -0.1) is 0 Å². The highest BCUT2D eigenvalue weighted by atomic mass is 19.3. The van der Waals surface area contributed by atoms with Crippen LogP contribution in [0, 0.1) is 0 Å². The summed E-state index contributed by atoms with van der Waals surface area (Å²) in [5, 5.41) is 9.16. The van der Waals surface area contributed by atoms with Gasteiger partial charge in [0.15, 0.2) is 0 Å². The molecule has 0 radical (unpaired) electrons. The Morgan fingerprint density at radius 3 is 2.80 bits per heavy atom. The number of aliphatic hydroxyl groups excluding tert-OH is 1. The van der Waals surface area contributed by atoms with Gasteiger partial charge in [-0.3, -0.25) is 0 Å². The van der Waals surface area contributed by atoms with Crippen LogP contribution in [-0.4, -0.2) is 30.0 Å². The Balaban J connectivity index is 2.41. The number of hydrogen-bond acceptors (Lipinski definition) is 3. The highest BCUT2D eigenvalue weighted by Gasteiger charge is 2.36. The maximum Gasteiger partial charge on any atom is 0.150 e. The number of ether oxygens (including phenoxy) is 1. The second kappa shape index (κ2) is 3.27. The second-order valence-electron chi connectivity index (χ2n) is 2.40. The average molecular weight is 150 g/mol. The second-order valence-corrected chi connectivity index (χ2v) is 2.40. The van der Waals surface area contributed by atoms with Crippen molar-refractivity contribution in [2.75, 3.05) is 6.61 Å². The van der Waals surface area contributed by atoms with E-state index in [1.165, 1.54) is 0 Å². The van der Waals surface area contributed by atoms with Crippen LogP contribution >= 0.6 is 0 Å². The van der Waals surface area contributed by atoms with Gasteiger partial charge < -0.3 is 9.84 Å². The van der Waals surface area contributed by atoms with Crippen molar-refractivity contribution in [3.05, 3.63) is 0 Å². The van der Waals surface area contributed by atoms with Gasteiger partial charge in [-0.2, -0.15) is 4.94 Å². The summed E-state index contributed by atoms with van der Waals surface area (Å²) in [4.78, 5) is 3.48. The molecule has 0 bridgehead atoms. The molecule has 60 valence electrons. The third-order valence-electron chi connectivity index (χ3n) is 1.75. The molecule has 10 heavy (non-hydrogen) atoms. The molecule has 3 nitrogen and oxygen atoms in total. The molecular formula is C6H11FO3. The quantitative estimate of drug-likeness (QED) is 0.620. The molecule has 0 aromatic carbocycles. The van der Waals surface area contributed by atoms with E-state index >= 15 is 0 Å². The van der Waals surface area contributed by atoms with Gasteiger partial charge in [0, 0.05) is 0 Å². The van der Waals surface area contributed by atoms with Gasteiger partial charge in [-0.05, 0) is 10.9 Å². The molecule has 0 saturated carbocycles. The molecule has 0 aromatic heterocycles. The van der Waals surface area contributed by atoms with E-state index in [9.17, 15) is 4.53 Å². The molecule has 1 aliphatic heterocycles. The topological polar surface area (TPSA) is 38.7 Å². The molecule has 1 saturated heterocycles. The first-order valence-corrected chi connectivity index (χ1v) is 3.36. The van der Waals surface area contributed by atoms with Crippen LogP contribution in [0.25, 0.3) is 0 Å². The van der Waals surface area contributed by atoms with E-state index in [-0.39, 0.29) is 12.7 Å². The van der Waals surface area contributed by atoms with Crippen molar-refractivity contribution in [3.8, 4) is 0 Å². The molecule has 1 aliphatic rings. The molecule has 1 rings (SSSR count). The summed E-state index contributed by atoms with van der Waals surface area (Å²) >= 11 is 0. The van der Waals surface area contributed by atoms with Gasteiger partial charge in [0.2, 0.25) is 0 Å². The normalized spacial score (nSPS) is 40.5. The molecule has 1 fully saturated rings. The Morgan fingerprint density at radius 2 is 2.50 bits per heavy atom. The highest BCUT2D eigenvalue weighted by molar-refractivity contribution is 4.82. The van der Waals surface area contributed by atoms with E-state index in [0.29, 0.717) is 6.42 Å². The summed E-state index contributed by atoms with van der Waals surface area (Å²) in [6, 6.07) is 0. The maximum absolute atomic E-state index is 11.5. The standard InChI is InChI=1S/C6H11FO3/c1-2-4-6(8)5(10-7)3-9-4/h4-6,8H,2-3H2,1H3/t4-,5+,6-/m1/s1. The summed E-state index contributed by atoms with van der Waals surface area (Å²) in [6.07, 6.45) is -1.18. The molecule has 1 N–H and O–H groups in total. The van der Waals surface area contributed by atoms with E-state index < -0.39 is 12.2 Å². The minimum Gasteiger partial charge on any atom is -0.387 e. The first kappa shape index (κ1) is 7.91. The van der Waals surface area contributed by atoms with Gasteiger partial charge in [0.05, 0.1) is 12.7 Å². The van der Waals surface area contributed by atoms with Gasteiger partial charge >= 0.3 is 0 Å². The van der Waals surface area contributed by atoms with Crippen LogP contribution in [0.3, 0.4) is 0 Å². The van der Waals surface area contributed by atoms with E-state index in [0.717, 1.165) is 0 Å². The van der Waals surface area contributed by atoms with Gasteiger partial charge in [0.1, 0.15) is 12.2 Å². The van der Waals surface area contributed by atoms with Crippen LogP contribution in [0.5, 0.6) is 0 Å². The zero-order valence-corrected chi connectivity index (χ0v) is 5.79. The lowest BCUT2D eigenvalue weighted by molar-refractivity contribution is -0.198. The minimum absolute atomic E-state index is 0.149. The van der Waals surface area contributed by atoms with Crippen molar-refractivity contribution in [3.63, 3.8) is 0 Å². The van der Waals surface area contributed by atoms with Crippen molar-refractivity contribution in [1.29, 1.82) is 0 Å². The zero-order valence-electron chi connectivity index (χ0n) is 5.79. The lowest BCUT2D eigenvalue weighted by atomic mass is 10.1. The van der Waals surface area contributed by atoms with E-state index in [1.807, 2.05) is 6.92 Å². The largest absolute Gasteiger partial charge is 0.387 e. The lowest BCUT2D eigenvalue weighted by Crippen LogP contribution is -2.29. The predicted octanol–water partition coefficient (Wildman–Crippen LogP) is 0.426. The third-order valence-corrected chi connectivity index (χ3v) is 1.75. The van der Waals surface area contributed by atoms with Gasteiger partial charge in [-0.1, -0.05) is 6.92 Å². The van der Waals surface area contributed by atoms with Crippen LogP contribution in [0.1, 0.15) is 13.3 Å². The van der Waals surface area contributed by atoms with Crippen LogP contribution in [-0.2, 0) is 9.68 Å². The van der Waals surface area contributed by atoms with Crippen LogP contribution in [0.15, 0.2) is 0 Å². The number of rotatable bonds is 2. The van der Waals surface area contributed by atoms with Crippen LogP contribution < -0.4 is 0 Å². The Morgan fingerprint density at radius 1 is 1.80 bits per heavy atom. The zero-order chi connectivity index (χ0) is 7.56. The van der Waals surface area contributed by atoms with E-state index in [2.05, 4.69) is 4.94 Å². The van der Waals surface area contributed by atoms with Crippen molar-refractivity contribution in [2.45, 2.75) is 31.7 Å². The average Bonchev–Trinajstić information content (AvgIpc) is 2.30. The molecule has 0 amide bonds. The fourth-order valence-electron chi connectivity index (χ4n) is 1.09. The molecule has 0 spiro atoms. The Hall–Kier alpha value is -0.190. The number of aliphatic hydroxyl groups is 1. The van der Waals surface area contributed by atoms with Gasteiger partial charge in [-0.25, -0.2) is 0 Å². The fraction of sp³-hybridized carbons (Fsp3) is 1.00. The SMILES string of the molecule is CC[C@H]1OC[C@H](OF)[C@@H]1O. The first-order valence-electron chi connectivity index (χ1n) is 3.36. The lowest BCUT2D eigenvalue weighted by Gasteiger charge is -2.11. The molecule has 0 aliphatic carbocycles. The minimum atomic E-state index is -0.810. The summed E-state index contributed by atoms with van der Waals surface area (Å²) in [6.45, 7) is 2.02. The summed E-state index contributed by atoms with van der Waals surface area (Å²) < 4.78 is 16.5. The molecule has 1 heterocycles. The fourth-order valence-corrected chi connectivity index (χ4v) is 1.09. The molecule has 0 aromatic rings. The van der Waals surface area contributed by atoms with Crippen molar-refractivity contribution >= 4 is 0 Å². The maximum atomic E-state index is 11.5. The molecule has 3 atom stereocenters. The van der Waals surface area contributed by atoms with E-state index in [4.69, 9.17) is 9.84 Å². The molecule has 4 heteroatoms. The van der Waals surface area contributed by atoms with Crippen LogP contribution in [0.4, 0.5) is 4.53 Å². The van der Waals surface area contributed by atoms with Crippen molar-refractivity contribution < 1.29 is 19.3 Å². The van der Waals surface area contributed by atoms with Crippen molar-refractivity contribution in [2.24, 2.45) is 0 Å². The van der Waals surface area contributed by atoms with E-state index in [1.54, 1.807) is 0 Å². The van der Waals surface area contributed by atoms with Crippen LogP contribution in [0.2, 0.25) is 0 Å². The molecular weight excluding hydrogens is 139 g/mol. The Kier molecular flexibility index (Phi) is 2.59. The summed E-state index contributed by atoms with van der Waals surface area (Å²) in [5.74, 6) is 0. The summed E-state index contributed by atoms with van der Waals surface area (Å²) in [7, 11) is 0. The number of hydrogen-bond donors (Lipinski definition) is 1. The smallest absolute Gasteiger partial charge is 0.150 e. The Labute approximate surface area is 58.6 Å².